The van der Waals surface area contributed by atoms with Crippen LogP contribution in [0.1, 0.15) is 57.7 Å². The highest BCUT2D eigenvalue weighted by Crippen LogP contribution is 2.35. The zero-order valence-corrected chi connectivity index (χ0v) is 10.4. The lowest BCUT2D eigenvalue weighted by Crippen LogP contribution is -2.35. The third kappa shape index (κ3) is 2.85. The third-order valence-corrected chi connectivity index (χ3v) is 3.88. The Balaban J connectivity index is 1.82. The molecule has 1 atom stereocenters. The fourth-order valence-electron chi connectivity index (χ4n) is 2.60. The number of H-pyrrole nitrogens is 1. The monoisotopic (exact) mass is 221 g/mol. The number of hydrogen-bond donors (Lipinski definition) is 2. The van der Waals surface area contributed by atoms with Crippen molar-refractivity contribution in [1.29, 1.82) is 0 Å². The maximum Gasteiger partial charge on any atom is 0.0518 e. The van der Waals surface area contributed by atoms with Crippen LogP contribution in [0.15, 0.2) is 12.3 Å². The number of aromatic amines is 1. The van der Waals surface area contributed by atoms with Gasteiger partial charge in [0, 0.05) is 18.8 Å². The number of hydrogen-bond acceptors (Lipinski definition) is 2. The van der Waals surface area contributed by atoms with Crippen LogP contribution in [-0.4, -0.2) is 16.7 Å². The van der Waals surface area contributed by atoms with Crippen molar-refractivity contribution in [2.75, 3.05) is 6.54 Å². The van der Waals surface area contributed by atoms with Gasteiger partial charge in [0.05, 0.1) is 5.69 Å². The summed E-state index contributed by atoms with van der Waals surface area (Å²) in [5.41, 5.74) is 1.69. The molecule has 0 bridgehead atoms. The minimum absolute atomic E-state index is 0.376. The minimum atomic E-state index is 0.376. The van der Waals surface area contributed by atoms with Crippen LogP contribution in [0.5, 0.6) is 0 Å². The van der Waals surface area contributed by atoms with Crippen molar-refractivity contribution in [3.63, 3.8) is 0 Å². The van der Waals surface area contributed by atoms with Crippen molar-refractivity contribution in [3.8, 4) is 0 Å². The van der Waals surface area contributed by atoms with Gasteiger partial charge in [-0.1, -0.05) is 26.2 Å². The van der Waals surface area contributed by atoms with Crippen molar-refractivity contribution in [1.82, 2.24) is 15.5 Å². The Kier molecular flexibility index (Phi) is 3.64. The molecule has 1 aromatic rings. The van der Waals surface area contributed by atoms with Gasteiger partial charge in [-0.15, -0.1) is 0 Å². The average molecular weight is 221 g/mol. The van der Waals surface area contributed by atoms with Crippen LogP contribution in [0.3, 0.4) is 0 Å². The van der Waals surface area contributed by atoms with Gasteiger partial charge in [-0.2, -0.15) is 5.10 Å². The summed E-state index contributed by atoms with van der Waals surface area (Å²) in [4.78, 5) is 0. The standard InChI is InChI=1S/C13H23N3/c1-11(12-6-9-15-16-12)14-10-13(2)7-4-3-5-8-13/h6,9,11,14H,3-5,7-8,10H2,1-2H3,(H,15,16). The molecule has 0 amide bonds. The molecule has 1 unspecified atom stereocenters. The van der Waals surface area contributed by atoms with E-state index in [1.807, 2.05) is 12.3 Å². The van der Waals surface area contributed by atoms with Crippen LogP contribution >= 0.6 is 0 Å². The van der Waals surface area contributed by atoms with Crippen LogP contribution in [0.2, 0.25) is 0 Å². The van der Waals surface area contributed by atoms with Gasteiger partial charge in [0.1, 0.15) is 0 Å². The van der Waals surface area contributed by atoms with Crippen molar-refractivity contribution in [2.24, 2.45) is 5.41 Å². The third-order valence-electron chi connectivity index (χ3n) is 3.88. The smallest absolute Gasteiger partial charge is 0.0518 e. The van der Waals surface area contributed by atoms with Crippen LogP contribution < -0.4 is 5.32 Å². The lowest BCUT2D eigenvalue weighted by molar-refractivity contribution is 0.201. The number of nitrogens with zero attached hydrogens (tertiary/aromatic N) is 1. The Morgan fingerprint density at radius 3 is 2.81 bits per heavy atom. The molecule has 1 saturated carbocycles. The molecule has 3 nitrogen and oxygen atoms in total. The second kappa shape index (κ2) is 5.00. The topological polar surface area (TPSA) is 40.7 Å². The molecule has 1 aromatic heterocycles. The number of rotatable bonds is 4. The molecule has 16 heavy (non-hydrogen) atoms. The lowest BCUT2D eigenvalue weighted by Gasteiger charge is -2.34. The van der Waals surface area contributed by atoms with Crippen LogP contribution in [0.25, 0.3) is 0 Å². The van der Waals surface area contributed by atoms with E-state index in [1.54, 1.807) is 0 Å². The fraction of sp³-hybridized carbons (Fsp3) is 0.769. The predicted molar refractivity (Wildman–Crippen MR) is 66.2 cm³/mol. The summed E-state index contributed by atoms with van der Waals surface area (Å²) in [6.45, 7) is 5.73. The largest absolute Gasteiger partial charge is 0.308 e. The van der Waals surface area contributed by atoms with Crippen molar-refractivity contribution < 1.29 is 0 Å². The Morgan fingerprint density at radius 2 is 2.19 bits per heavy atom. The number of aromatic nitrogens is 2. The molecular formula is C13H23N3. The summed E-state index contributed by atoms with van der Waals surface area (Å²) < 4.78 is 0. The van der Waals surface area contributed by atoms with E-state index in [0.29, 0.717) is 11.5 Å². The molecule has 2 N–H and O–H groups in total. The summed E-state index contributed by atoms with van der Waals surface area (Å²) in [5.74, 6) is 0. The molecule has 2 rings (SSSR count). The predicted octanol–water partition coefficient (Wildman–Crippen LogP) is 3.03. The molecular weight excluding hydrogens is 198 g/mol. The van der Waals surface area contributed by atoms with Gasteiger partial charge in [0.15, 0.2) is 0 Å². The molecule has 1 heterocycles. The first-order valence-electron chi connectivity index (χ1n) is 6.42. The lowest BCUT2D eigenvalue weighted by atomic mass is 9.75. The first kappa shape index (κ1) is 11.6. The maximum atomic E-state index is 3.99. The van der Waals surface area contributed by atoms with E-state index in [9.17, 15) is 0 Å². The van der Waals surface area contributed by atoms with Crippen LogP contribution in [0.4, 0.5) is 0 Å². The van der Waals surface area contributed by atoms with Gasteiger partial charge in [-0.25, -0.2) is 0 Å². The van der Waals surface area contributed by atoms with E-state index >= 15 is 0 Å². The van der Waals surface area contributed by atoms with Crippen molar-refractivity contribution in [2.45, 2.75) is 52.0 Å². The molecule has 1 fully saturated rings. The first-order valence-corrected chi connectivity index (χ1v) is 6.42. The van der Waals surface area contributed by atoms with Crippen molar-refractivity contribution in [3.05, 3.63) is 18.0 Å². The second-order valence-corrected chi connectivity index (χ2v) is 5.49. The minimum Gasteiger partial charge on any atom is -0.308 e. The molecule has 0 saturated heterocycles. The van der Waals surface area contributed by atoms with Gasteiger partial charge < -0.3 is 5.32 Å². The second-order valence-electron chi connectivity index (χ2n) is 5.49. The highest BCUT2D eigenvalue weighted by molar-refractivity contribution is 5.03. The first-order chi connectivity index (χ1) is 7.70. The molecule has 3 heteroatoms. The molecule has 90 valence electrons. The fourth-order valence-corrected chi connectivity index (χ4v) is 2.60. The van der Waals surface area contributed by atoms with Crippen LogP contribution in [-0.2, 0) is 0 Å². The molecule has 1 aliphatic carbocycles. The molecule has 0 radical (unpaired) electrons. The highest BCUT2D eigenvalue weighted by Gasteiger charge is 2.26. The van der Waals surface area contributed by atoms with Crippen molar-refractivity contribution >= 4 is 0 Å². The summed E-state index contributed by atoms with van der Waals surface area (Å²) in [7, 11) is 0. The highest BCUT2D eigenvalue weighted by atomic mass is 15.1. The van der Waals surface area contributed by atoms with Crippen LogP contribution in [0, 0.1) is 5.41 Å². The van der Waals surface area contributed by atoms with Gasteiger partial charge in [0.25, 0.3) is 0 Å². The molecule has 0 aromatic carbocycles. The number of nitrogens with one attached hydrogen (secondary N) is 2. The van der Waals surface area contributed by atoms with Gasteiger partial charge >= 0.3 is 0 Å². The summed E-state index contributed by atoms with van der Waals surface area (Å²) in [5, 5.41) is 10.6. The van der Waals surface area contributed by atoms with E-state index in [1.165, 1.54) is 37.8 Å². The summed E-state index contributed by atoms with van der Waals surface area (Å²) in [6, 6.07) is 2.42. The summed E-state index contributed by atoms with van der Waals surface area (Å²) in [6.07, 6.45) is 8.78. The van der Waals surface area contributed by atoms with E-state index in [-0.39, 0.29) is 0 Å². The Morgan fingerprint density at radius 1 is 1.44 bits per heavy atom. The Bertz CT molecular complexity index is 299. The zero-order valence-electron chi connectivity index (χ0n) is 10.4. The van der Waals surface area contributed by atoms with Gasteiger partial charge in [-0.05, 0) is 31.2 Å². The van der Waals surface area contributed by atoms with Gasteiger partial charge in [-0.3, -0.25) is 5.10 Å². The molecule has 0 spiro atoms. The molecule has 1 aliphatic rings. The average Bonchev–Trinajstić information content (AvgIpc) is 2.80. The normalized spacial score (nSPS) is 21.9. The molecule has 0 aliphatic heterocycles. The Hall–Kier alpha value is -0.830. The maximum absolute atomic E-state index is 3.99. The van der Waals surface area contributed by atoms with Gasteiger partial charge in [0.2, 0.25) is 0 Å². The van der Waals surface area contributed by atoms with E-state index in [0.717, 1.165) is 6.54 Å². The quantitative estimate of drug-likeness (QED) is 0.820. The zero-order chi connectivity index (χ0) is 11.4. The summed E-state index contributed by atoms with van der Waals surface area (Å²) >= 11 is 0. The van der Waals surface area contributed by atoms with E-state index in [4.69, 9.17) is 0 Å². The SMILES string of the molecule is CC(NCC1(C)CCCCC1)c1ccn[nH]1. The van der Waals surface area contributed by atoms with E-state index in [2.05, 4.69) is 29.4 Å². The Labute approximate surface area is 98.0 Å². The van der Waals surface area contributed by atoms with E-state index < -0.39 is 0 Å².